The molecular formula is C29H27ClN4O. The minimum absolute atomic E-state index is 0.0294. The quantitative estimate of drug-likeness (QED) is 0.257. The number of nitrogens with zero attached hydrogens (tertiary/aromatic N) is 4. The Morgan fingerprint density at radius 3 is 2.26 bits per heavy atom. The van der Waals surface area contributed by atoms with E-state index in [1.807, 2.05) is 42.6 Å². The molecule has 0 N–H and O–H groups in total. The first-order chi connectivity index (χ1) is 16.9. The van der Waals surface area contributed by atoms with Crippen LogP contribution in [-0.4, -0.2) is 19.6 Å². The SMILES string of the molecule is CC(C)(C)C(c1ccc(OCc2ccccn2)cc1)c1ccc(-c2cn3nc(Cl)ccc3n2)cc1. The van der Waals surface area contributed by atoms with E-state index in [-0.39, 0.29) is 11.3 Å². The van der Waals surface area contributed by atoms with Gasteiger partial charge in [-0.15, -0.1) is 0 Å². The van der Waals surface area contributed by atoms with E-state index >= 15 is 0 Å². The number of halogens is 1. The lowest BCUT2D eigenvalue weighted by Gasteiger charge is -2.32. The van der Waals surface area contributed by atoms with Crippen molar-refractivity contribution in [2.45, 2.75) is 33.3 Å². The molecule has 0 saturated carbocycles. The summed E-state index contributed by atoms with van der Waals surface area (Å²) in [6, 6.07) is 26.5. The molecule has 0 aliphatic rings. The van der Waals surface area contributed by atoms with Crippen LogP contribution in [0.15, 0.2) is 91.3 Å². The highest BCUT2D eigenvalue weighted by atomic mass is 35.5. The van der Waals surface area contributed by atoms with Gasteiger partial charge in [-0.1, -0.05) is 74.8 Å². The molecule has 5 nitrogen and oxygen atoms in total. The molecule has 35 heavy (non-hydrogen) atoms. The van der Waals surface area contributed by atoms with Gasteiger partial charge in [-0.3, -0.25) is 4.98 Å². The second-order valence-electron chi connectivity index (χ2n) is 9.68. The van der Waals surface area contributed by atoms with Crippen molar-refractivity contribution in [1.29, 1.82) is 0 Å². The number of ether oxygens (including phenoxy) is 1. The number of imidazole rings is 1. The summed E-state index contributed by atoms with van der Waals surface area (Å²) in [6.07, 6.45) is 3.68. The van der Waals surface area contributed by atoms with Crippen LogP contribution in [-0.2, 0) is 6.61 Å². The number of aromatic nitrogens is 4. The van der Waals surface area contributed by atoms with E-state index in [1.54, 1.807) is 16.8 Å². The zero-order chi connectivity index (χ0) is 24.4. The second-order valence-corrected chi connectivity index (χ2v) is 10.1. The Kier molecular flexibility index (Phi) is 6.27. The van der Waals surface area contributed by atoms with E-state index in [0.29, 0.717) is 11.8 Å². The Balaban J connectivity index is 1.37. The van der Waals surface area contributed by atoms with Gasteiger partial charge in [0.1, 0.15) is 17.5 Å². The molecule has 0 aliphatic heterocycles. The monoisotopic (exact) mass is 482 g/mol. The molecule has 0 amide bonds. The van der Waals surface area contributed by atoms with E-state index in [4.69, 9.17) is 16.3 Å². The molecule has 5 aromatic rings. The van der Waals surface area contributed by atoms with Crippen molar-refractivity contribution in [3.63, 3.8) is 0 Å². The molecule has 1 unspecified atom stereocenters. The molecule has 3 heterocycles. The van der Waals surface area contributed by atoms with Crippen LogP contribution in [0.3, 0.4) is 0 Å². The first kappa shape index (κ1) is 23.1. The maximum atomic E-state index is 6.02. The van der Waals surface area contributed by atoms with Gasteiger partial charge >= 0.3 is 0 Å². The lowest BCUT2D eigenvalue weighted by molar-refractivity contribution is 0.301. The van der Waals surface area contributed by atoms with Crippen LogP contribution < -0.4 is 4.74 Å². The summed E-state index contributed by atoms with van der Waals surface area (Å²) in [5.41, 5.74) is 6.13. The number of rotatable bonds is 6. The number of benzene rings is 2. The maximum absolute atomic E-state index is 6.02. The van der Waals surface area contributed by atoms with Gasteiger partial charge < -0.3 is 4.74 Å². The van der Waals surface area contributed by atoms with E-state index in [0.717, 1.165) is 28.3 Å². The molecule has 0 saturated heterocycles. The Morgan fingerprint density at radius 2 is 1.60 bits per heavy atom. The lowest BCUT2D eigenvalue weighted by Crippen LogP contribution is -2.19. The zero-order valence-corrected chi connectivity index (χ0v) is 20.8. The molecule has 0 radical (unpaired) electrons. The summed E-state index contributed by atoms with van der Waals surface area (Å²) in [7, 11) is 0. The number of hydrogen-bond acceptors (Lipinski definition) is 4. The average Bonchev–Trinajstić information content (AvgIpc) is 3.27. The summed E-state index contributed by atoms with van der Waals surface area (Å²) >= 11 is 6.02. The highest BCUT2D eigenvalue weighted by molar-refractivity contribution is 6.29. The molecule has 0 aliphatic carbocycles. The highest BCUT2D eigenvalue weighted by Gasteiger charge is 2.28. The van der Waals surface area contributed by atoms with Gasteiger partial charge in [0.2, 0.25) is 0 Å². The molecule has 6 heteroatoms. The minimum atomic E-state index is 0.0294. The lowest BCUT2D eigenvalue weighted by atomic mass is 9.72. The van der Waals surface area contributed by atoms with Gasteiger partial charge in [0.05, 0.1) is 17.6 Å². The van der Waals surface area contributed by atoms with Crippen LogP contribution in [0.5, 0.6) is 5.75 Å². The summed E-state index contributed by atoms with van der Waals surface area (Å²) in [5, 5.41) is 4.73. The molecule has 5 rings (SSSR count). The molecule has 0 fully saturated rings. The highest BCUT2D eigenvalue weighted by Crippen LogP contribution is 2.41. The molecule has 2 aromatic carbocycles. The van der Waals surface area contributed by atoms with Crippen LogP contribution in [0.25, 0.3) is 16.9 Å². The van der Waals surface area contributed by atoms with Gasteiger partial charge in [-0.05, 0) is 52.9 Å². The summed E-state index contributed by atoms with van der Waals surface area (Å²) < 4.78 is 7.64. The van der Waals surface area contributed by atoms with Crippen molar-refractivity contribution >= 4 is 17.2 Å². The third kappa shape index (κ3) is 5.20. The van der Waals surface area contributed by atoms with Gasteiger partial charge in [0.25, 0.3) is 0 Å². The Morgan fingerprint density at radius 1 is 0.886 bits per heavy atom. The summed E-state index contributed by atoms with van der Waals surface area (Å²) in [4.78, 5) is 8.99. The Bertz CT molecular complexity index is 1420. The maximum Gasteiger partial charge on any atom is 0.154 e. The van der Waals surface area contributed by atoms with Gasteiger partial charge in [0, 0.05) is 17.7 Å². The fraction of sp³-hybridized carbons (Fsp3) is 0.207. The molecule has 3 aromatic heterocycles. The van der Waals surface area contributed by atoms with Crippen molar-refractivity contribution < 1.29 is 4.74 Å². The van der Waals surface area contributed by atoms with Gasteiger partial charge in [-0.25, -0.2) is 9.50 Å². The van der Waals surface area contributed by atoms with E-state index < -0.39 is 0 Å². The first-order valence-corrected chi connectivity index (χ1v) is 12.0. The van der Waals surface area contributed by atoms with Crippen molar-refractivity contribution in [1.82, 2.24) is 19.6 Å². The predicted octanol–water partition coefficient (Wildman–Crippen LogP) is 7.20. The largest absolute Gasteiger partial charge is 0.487 e. The van der Waals surface area contributed by atoms with Crippen LogP contribution in [0.2, 0.25) is 5.15 Å². The predicted molar refractivity (Wildman–Crippen MR) is 140 cm³/mol. The van der Waals surface area contributed by atoms with Crippen molar-refractivity contribution in [2.24, 2.45) is 5.41 Å². The summed E-state index contributed by atoms with van der Waals surface area (Å²) in [5.74, 6) is 1.06. The smallest absolute Gasteiger partial charge is 0.154 e. The van der Waals surface area contributed by atoms with Gasteiger partial charge in [-0.2, -0.15) is 5.10 Å². The first-order valence-electron chi connectivity index (χ1n) is 11.6. The molecule has 0 spiro atoms. The van der Waals surface area contributed by atoms with Crippen LogP contribution in [0.1, 0.15) is 43.5 Å². The fourth-order valence-electron chi connectivity index (χ4n) is 4.43. The fourth-order valence-corrected chi connectivity index (χ4v) is 4.58. The standard InChI is InChI=1S/C29H27ClN4O/c1-29(2,3)28(22-11-13-24(14-12-22)35-19-23-6-4-5-17-31-23)21-9-7-20(8-10-21)25-18-34-27(32-25)16-15-26(30)33-34/h4-18,28H,19H2,1-3H3. The van der Waals surface area contributed by atoms with Gasteiger partial charge in [0.15, 0.2) is 5.65 Å². The Hall–Kier alpha value is -3.70. The molecule has 0 bridgehead atoms. The van der Waals surface area contributed by atoms with Crippen molar-refractivity contribution in [2.75, 3.05) is 0 Å². The second kappa shape index (κ2) is 9.51. The van der Waals surface area contributed by atoms with Crippen LogP contribution in [0.4, 0.5) is 0 Å². The Labute approximate surface area is 210 Å². The van der Waals surface area contributed by atoms with Crippen molar-refractivity contribution in [3.05, 3.63) is 113 Å². The van der Waals surface area contributed by atoms with Crippen LogP contribution in [0, 0.1) is 5.41 Å². The molecule has 1 atom stereocenters. The number of hydrogen-bond donors (Lipinski definition) is 0. The normalized spacial score (nSPS) is 12.6. The molecule has 176 valence electrons. The van der Waals surface area contributed by atoms with Crippen LogP contribution >= 0.6 is 11.6 Å². The van der Waals surface area contributed by atoms with E-state index in [9.17, 15) is 0 Å². The minimum Gasteiger partial charge on any atom is -0.487 e. The average molecular weight is 483 g/mol. The topological polar surface area (TPSA) is 52.3 Å². The number of fused-ring (bicyclic) bond motifs is 1. The van der Waals surface area contributed by atoms with E-state index in [1.165, 1.54) is 11.1 Å². The van der Waals surface area contributed by atoms with Crippen molar-refractivity contribution in [3.8, 4) is 17.0 Å². The molecular weight excluding hydrogens is 456 g/mol. The number of pyridine rings is 1. The summed E-state index contributed by atoms with van der Waals surface area (Å²) in [6.45, 7) is 7.27. The third-order valence-corrected chi connectivity index (χ3v) is 6.22. The zero-order valence-electron chi connectivity index (χ0n) is 20.0. The third-order valence-electron chi connectivity index (χ3n) is 6.02. The van der Waals surface area contributed by atoms with E-state index in [2.05, 4.69) is 72.2 Å².